The topological polar surface area (TPSA) is 77.4 Å². The molecule has 0 aromatic rings. The maximum absolute atomic E-state index is 10.4. The fourth-order valence-electron chi connectivity index (χ4n) is 2.29. The van der Waals surface area contributed by atoms with Crippen LogP contribution in [0.5, 0.6) is 0 Å². The summed E-state index contributed by atoms with van der Waals surface area (Å²) in [6, 6.07) is 0. The predicted octanol–water partition coefficient (Wildman–Crippen LogP) is 0.598. The van der Waals surface area contributed by atoms with Crippen molar-refractivity contribution >= 4 is 10.1 Å². The molecule has 0 bridgehead atoms. The van der Waals surface area contributed by atoms with Crippen LogP contribution in [0.25, 0.3) is 0 Å². The van der Waals surface area contributed by atoms with Crippen molar-refractivity contribution in [1.29, 1.82) is 0 Å². The number of rotatable bonds is 14. The Labute approximate surface area is 153 Å². The summed E-state index contributed by atoms with van der Waals surface area (Å²) in [7, 11) is -4.18. The minimum absolute atomic E-state index is 0. The standard InChI is InChI=1S/C15H32O4S.Na/c1-2-3-4-5-6-7-8-9-10-11-12-15(16)13-14-20(17,18)19;/h15-16H,2-14H2,1H3,(H,17,18,19);/q;+1/p-1. The van der Waals surface area contributed by atoms with Gasteiger partial charge in [-0.05, 0) is 12.8 Å². The summed E-state index contributed by atoms with van der Waals surface area (Å²) in [6.07, 6.45) is 12.4. The Morgan fingerprint density at radius 2 is 1.29 bits per heavy atom. The molecule has 0 aromatic heterocycles. The summed E-state index contributed by atoms with van der Waals surface area (Å²) in [5, 5.41) is 9.53. The van der Waals surface area contributed by atoms with E-state index in [4.69, 9.17) is 0 Å². The molecule has 0 rings (SSSR count). The monoisotopic (exact) mass is 330 g/mol. The van der Waals surface area contributed by atoms with Crippen molar-refractivity contribution in [2.45, 2.75) is 90.1 Å². The third-order valence-electron chi connectivity index (χ3n) is 3.59. The number of aliphatic hydroxyl groups is 1. The molecule has 1 atom stereocenters. The molecule has 6 heteroatoms. The van der Waals surface area contributed by atoms with Crippen LogP contribution in [-0.4, -0.2) is 29.9 Å². The first kappa shape index (κ1) is 24.1. The molecule has 0 aliphatic carbocycles. The molecule has 0 aliphatic rings. The van der Waals surface area contributed by atoms with Crippen molar-refractivity contribution in [3.63, 3.8) is 0 Å². The first-order chi connectivity index (χ1) is 9.45. The van der Waals surface area contributed by atoms with E-state index in [1.807, 2.05) is 0 Å². The normalized spacial score (nSPS) is 12.9. The zero-order valence-electron chi connectivity index (χ0n) is 13.8. The van der Waals surface area contributed by atoms with Gasteiger partial charge in [0.1, 0.15) is 0 Å². The summed E-state index contributed by atoms with van der Waals surface area (Å²) in [5.41, 5.74) is 0. The Bertz CT molecular complexity index is 307. The van der Waals surface area contributed by atoms with Crippen molar-refractivity contribution in [2.75, 3.05) is 5.75 Å². The van der Waals surface area contributed by atoms with E-state index in [-0.39, 0.29) is 36.0 Å². The van der Waals surface area contributed by atoms with Crippen molar-refractivity contribution < 1.29 is 47.6 Å². The largest absolute Gasteiger partial charge is 1.00 e. The van der Waals surface area contributed by atoms with Crippen LogP contribution < -0.4 is 29.6 Å². The first-order valence-electron chi connectivity index (χ1n) is 8.07. The quantitative estimate of drug-likeness (QED) is 0.287. The second-order valence-corrected chi connectivity index (χ2v) is 7.20. The van der Waals surface area contributed by atoms with Crippen LogP contribution in [0.2, 0.25) is 0 Å². The molecule has 0 fully saturated rings. The summed E-state index contributed by atoms with van der Waals surface area (Å²) in [4.78, 5) is 0. The van der Waals surface area contributed by atoms with E-state index in [1.54, 1.807) is 0 Å². The van der Waals surface area contributed by atoms with Crippen LogP contribution in [0.4, 0.5) is 0 Å². The zero-order chi connectivity index (χ0) is 15.3. The molecule has 4 nitrogen and oxygen atoms in total. The summed E-state index contributed by atoms with van der Waals surface area (Å²) in [5.74, 6) is -0.452. The van der Waals surface area contributed by atoms with Gasteiger partial charge in [0.25, 0.3) is 0 Å². The Morgan fingerprint density at radius 3 is 1.71 bits per heavy atom. The second kappa shape index (κ2) is 15.8. The zero-order valence-corrected chi connectivity index (χ0v) is 16.7. The predicted molar refractivity (Wildman–Crippen MR) is 81.6 cm³/mol. The SMILES string of the molecule is CCCCCCCCCCCCC(O)CCS(=O)(=O)[O-].[Na+]. The van der Waals surface area contributed by atoms with E-state index in [2.05, 4.69) is 6.92 Å². The van der Waals surface area contributed by atoms with Crippen LogP contribution in [0.15, 0.2) is 0 Å². The van der Waals surface area contributed by atoms with E-state index < -0.39 is 22.0 Å². The first-order valence-corrected chi connectivity index (χ1v) is 9.65. The van der Waals surface area contributed by atoms with E-state index in [9.17, 15) is 18.1 Å². The Hall–Kier alpha value is 0.870. The molecular formula is C15H31NaO4S. The summed E-state index contributed by atoms with van der Waals surface area (Å²) in [6.45, 7) is 2.22. The summed E-state index contributed by atoms with van der Waals surface area (Å²) < 4.78 is 31.2. The molecule has 122 valence electrons. The fraction of sp³-hybridized carbons (Fsp3) is 1.00. The van der Waals surface area contributed by atoms with Gasteiger partial charge in [-0.2, -0.15) is 0 Å². The molecule has 0 heterocycles. The molecule has 0 saturated heterocycles. The second-order valence-electron chi connectivity index (χ2n) is 5.67. The van der Waals surface area contributed by atoms with Crippen molar-refractivity contribution in [3.8, 4) is 0 Å². The van der Waals surface area contributed by atoms with Gasteiger partial charge < -0.3 is 9.66 Å². The van der Waals surface area contributed by atoms with Crippen molar-refractivity contribution in [3.05, 3.63) is 0 Å². The van der Waals surface area contributed by atoms with Gasteiger partial charge >= 0.3 is 29.6 Å². The molecular weight excluding hydrogens is 299 g/mol. The van der Waals surface area contributed by atoms with Crippen LogP contribution in [0, 0.1) is 0 Å². The van der Waals surface area contributed by atoms with Gasteiger partial charge in [-0.1, -0.05) is 71.1 Å². The van der Waals surface area contributed by atoms with Crippen LogP contribution in [0.1, 0.15) is 84.0 Å². The minimum Gasteiger partial charge on any atom is -0.748 e. The van der Waals surface area contributed by atoms with E-state index in [0.29, 0.717) is 6.42 Å². The van der Waals surface area contributed by atoms with Crippen LogP contribution >= 0.6 is 0 Å². The Balaban J connectivity index is 0. The average Bonchev–Trinajstić information content (AvgIpc) is 2.38. The fourth-order valence-corrected chi connectivity index (χ4v) is 2.85. The molecule has 21 heavy (non-hydrogen) atoms. The molecule has 1 unspecified atom stereocenters. The molecule has 0 aromatic carbocycles. The Morgan fingerprint density at radius 1 is 0.857 bits per heavy atom. The van der Waals surface area contributed by atoms with Gasteiger partial charge in [0.15, 0.2) is 0 Å². The van der Waals surface area contributed by atoms with Crippen molar-refractivity contribution in [1.82, 2.24) is 0 Å². The third-order valence-corrected chi connectivity index (χ3v) is 4.33. The molecule has 1 N–H and O–H groups in total. The van der Waals surface area contributed by atoms with E-state index in [1.165, 1.54) is 51.4 Å². The van der Waals surface area contributed by atoms with Gasteiger partial charge in [-0.25, -0.2) is 8.42 Å². The Kier molecular flexibility index (Phi) is 18.1. The average molecular weight is 330 g/mol. The molecule has 0 amide bonds. The van der Waals surface area contributed by atoms with Gasteiger partial charge in [0.2, 0.25) is 0 Å². The van der Waals surface area contributed by atoms with Crippen LogP contribution in [-0.2, 0) is 10.1 Å². The van der Waals surface area contributed by atoms with Crippen LogP contribution in [0.3, 0.4) is 0 Å². The maximum Gasteiger partial charge on any atom is 1.00 e. The molecule has 0 radical (unpaired) electrons. The van der Waals surface area contributed by atoms with Gasteiger partial charge in [0.05, 0.1) is 16.2 Å². The number of aliphatic hydroxyl groups excluding tert-OH is 1. The minimum atomic E-state index is -4.18. The number of hydrogen-bond donors (Lipinski definition) is 1. The van der Waals surface area contributed by atoms with Gasteiger partial charge in [0, 0.05) is 5.75 Å². The van der Waals surface area contributed by atoms with Gasteiger partial charge in [-0.3, -0.25) is 0 Å². The van der Waals surface area contributed by atoms with E-state index >= 15 is 0 Å². The number of unbranched alkanes of at least 4 members (excludes halogenated alkanes) is 9. The molecule has 0 saturated carbocycles. The van der Waals surface area contributed by atoms with E-state index in [0.717, 1.165) is 12.8 Å². The van der Waals surface area contributed by atoms with Crippen molar-refractivity contribution in [2.24, 2.45) is 0 Å². The molecule has 0 aliphatic heterocycles. The molecule has 0 spiro atoms. The van der Waals surface area contributed by atoms with Gasteiger partial charge in [-0.15, -0.1) is 0 Å². The maximum atomic E-state index is 10.4. The number of hydrogen-bond acceptors (Lipinski definition) is 4. The summed E-state index contributed by atoms with van der Waals surface area (Å²) >= 11 is 0. The third kappa shape index (κ3) is 20.9. The smallest absolute Gasteiger partial charge is 0.748 e.